The lowest BCUT2D eigenvalue weighted by atomic mass is 10.0. The van der Waals surface area contributed by atoms with E-state index in [2.05, 4.69) is 9.98 Å². The molecule has 0 radical (unpaired) electrons. The average molecular weight is 593 g/mol. The van der Waals surface area contributed by atoms with Gasteiger partial charge < -0.3 is 14.3 Å². The second kappa shape index (κ2) is 14.0. The van der Waals surface area contributed by atoms with E-state index in [0.29, 0.717) is 41.5 Å². The Hall–Kier alpha value is -4.73. The summed E-state index contributed by atoms with van der Waals surface area (Å²) in [6.45, 7) is 3.92. The van der Waals surface area contributed by atoms with Gasteiger partial charge in [-0.25, -0.2) is 9.78 Å². The zero-order valence-corrected chi connectivity index (χ0v) is 23.7. The van der Waals surface area contributed by atoms with Crippen LogP contribution in [0.25, 0.3) is 11.5 Å². The maximum atomic E-state index is 12.8. The summed E-state index contributed by atoms with van der Waals surface area (Å²) in [4.78, 5) is 33.6. The van der Waals surface area contributed by atoms with Crippen LogP contribution in [0.15, 0.2) is 88.3 Å². The van der Waals surface area contributed by atoms with Crippen molar-refractivity contribution in [2.75, 3.05) is 0 Å². The summed E-state index contributed by atoms with van der Waals surface area (Å²) in [6.07, 6.45) is -3.64. The van der Waals surface area contributed by atoms with Gasteiger partial charge in [-0.15, -0.1) is 0 Å². The van der Waals surface area contributed by atoms with Crippen LogP contribution in [0.3, 0.4) is 0 Å². The lowest BCUT2D eigenvalue weighted by molar-refractivity contribution is -0.139. The number of ketones is 1. The van der Waals surface area contributed by atoms with E-state index in [9.17, 15) is 27.9 Å². The summed E-state index contributed by atoms with van der Waals surface area (Å²) in [7, 11) is 0. The van der Waals surface area contributed by atoms with E-state index in [1.165, 1.54) is 0 Å². The Morgan fingerprint density at radius 1 is 0.977 bits per heavy atom. The smallest absolute Gasteiger partial charge is 0.416 e. The number of aryl methyl sites for hydroxylation is 1. The molecule has 3 aromatic carbocycles. The number of Topliss-reactive ketones (excluding diaryl/α,β-unsaturated/α-hetero) is 1. The first-order valence-electron chi connectivity index (χ1n) is 13.8. The van der Waals surface area contributed by atoms with Crippen molar-refractivity contribution in [1.29, 1.82) is 0 Å². The summed E-state index contributed by atoms with van der Waals surface area (Å²) < 4.78 is 50.3. The number of carbonyl (C=O) groups is 2. The third-order valence-electron chi connectivity index (χ3n) is 6.78. The molecule has 0 bridgehead atoms. The zero-order chi connectivity index (χ0) is 31.0. The van der Waals surface area contributed by atoms with Gasteiger partial charge in [0.05, 0.1) is 5.56 Å². The summed E-state index contributed by atoms with van der Waals surface area (Å²) >= 11 is 0. The summed E-state index contributed by atoms with van der Waals surface area (Å²) in [5.41, 5.74) is 1.88. The molecule has 0 amide bonds. The number of aliphatic carboxylic acids is 1. The van der Waals surface area contributed by atoms with Gasteiger partial charge in [0.2, 0.25) is 5.89 Å². The molecule has 0 saturated heterocycles. The van der Waals surface area contributed by atoms with Gasteiger partial charge >= 0.3 is 12.1 Å². The van der Waals surface area contributed by atoms with Crippen molar-refractivity contribution in [1.82, 2.24) is 4.98 Å². The molecule has 10 heteroatoms. The highest BCUT2D eigenvalue weighted by Crippen LogP contribution is 2.29. The van der Waals surface area contributed by atoms with Gasteiger partial charge in [-0.05, 0) is 48.4 Å². The summed E-state index contributed by atoms with van der Waals surface area (Å²) in [5, 5.41) is 9.80. The maximum absolute atomic E-state index is 12.8. The number of aromatic nitrogens is 1. The van der Waals surface area contributed by atoms with Crippen molar-refractivity contribution in [2.45, 2.75) is 58.4 Å². The Bertz CT molecular complexity index is 1560. The van der Waals surface area contributed by atoms with Gasteiger partial charge in [0.15, 0.2) is 11.8 Å². The van der Waals surface area contributed by atoms with E-state index in [1.54, 1.807) is 31.2 Å². The van der Waals surface area contributed by atoms with Crippen LogP contribution in [0.4, 0.5) is 13.2 Å². The van der Waals surface area contributed by atoms with Crippen molar-refractivity contribution in [3.63, 3.8) is 0 Å². The molecule has 4 aromatic rings. The maximum Gasteiger partial charge on any atom is 0.416 e. The van der Waals surface area contributed by atoms with E-state index in [-0.39, 0.29) is 25.0 Å². The van der Waals surface area contributed by atoms with Crippen LogP contribution in [0, 0.1) is 0 Å². The lowest BCUT2D eigenvalue weighted by Gasteiger charge is -2.12. The number of aliphatic imine (C=N–C) groups is 1. The van der Waals surface area contributed by atoms with Gasteiger partial charge in [-0.1, -0.05) is 56.3 Å². The first-order chi connectivity index (χ1) is 20.6. The number of hydrogen-bond donors (Lipinski definition) is 1. The standard InChI is InChI=1S/C33H31F3N2O5/c1-3-25(19-29(39)22-12-14-24(15-13-22)33(34,35)36)37-27(32(40)41)18-21-10-16-26(17-11-21)42-20-28-30(4-2)43-31(38-28)23-8-6-5-7-9-23/h5-17,27H,3-4,18-20H2,1-2H3,(H,40,41)/t27-/m0/s1. The molecule has 1 atom stereocenters. The van der Waals surface area contributed by atoms with Gasteiger partial charge in [0.25, 0.3) is 0 Å². The Balaban J connectivity index is 1.38. The number of alkyl halides is 3. The molecule has 7 nitrogen and oxygen atoms in total. The third kappa shape index (κ3) is 8.41. The quantitative estimate of drug-likeness (QED) is 0.127. The number of nitrogens with zero attached hydrogens (tertiary/aromatic N) is 2. The van der Waals surface area contributed by atoms with Crippen molar-refractivity contribution in [3.05, 3.63) is 107 Å². The molecule has 1 heterocycles. The van der Waals surface area contributed by atoms with Crippen LogP contribution in [-0.2, 0) is 30.4 Å². The van der Waals surface area contributed by atoms with Crippen molar-refractivity contribution in [2.24, 2.45) is 4.99 Å². The number of carbonyl (C=O) groups excluding carboxylic acids is 1. The Morgan fingerprint density at radius 3 is 2.23 bits per heavy atom. The molecule has 1 N–H and O–H groups in total. The van der Waals surface area contributed by atoms with E-state index < -0.39 is 29.5 Å². The van der Waals surface area contributed by atoms with E-state index in [0.717, 1.165) is 35.6 Å². The molecule has 0 aliphatic heterocycles. The molecule has 0 spiro atoms. The SMILES string of the molecule is CCC(CC(=O)c1ccc(C(F)(F)F)cc1)=N[C@@H](Cc1ccc(OCc2nc(-c3ccccc3)oc2CC)cc1)C(=O)O. The lowest BCUT2D eigenvalue weighted by Crippen LogP contribution is -2.23. The Morgan fingerprint density at radius 2 is 1.65 bits per heavy atom. The molecule has 224 valence electrons. The summed E-state index contributed by atoms with van der Waals surface area (Å²) in [6, 6.07) is 19.3. The minimum Gasteiger partial charge on any atom is -0.487 e. The van der Waals surface area contributed by atoms with E-state index in [4.69, 9.17) is 9.15 Å². The highest BCUT2D eigenvalue weighted by atomic mass is 19.4. The number of benzene rings is 3. The van der Waals surface area contributed by atoms with Crippen LogP contribution in [0.2, 0.25) is 0 Å². The van der Waals surface area contributed by atoms with E-state index >= 15 is 0 Å². The molecular formula is C33H31F3N2O5. The minimum absolute atomic E-state index is 0.0806. The molecule has 1 aromatic heterocycles. The average Bonchev–Trinajstić information content (AvgIpc) is 3.43. The fraction of sp³-hybridized carbons (Fsp3) is 0.273. The second-order valence-corrected chi connectivity index (χ2v) is 9.82. The fourth-order valence-corrected chi connectivity index (χ4v) is 4.38. The minimum atomic E-state index is -4.50. The molecule has 0 fully saturated rings. The van der Waals surface area contributed by atoms with Gasteiger partial charge in [0.1, 0.15) is 23.8 Å². The number of oxazole rings is 1. The Kier molecular flexibility index (Phi) is 10.1. The van der Waals surface area contributed by atoms with Gasteiger partial charge in [-0.3, -0.25) is 9.79 Å². The van der Waals surface area contributed by atoms with Gasteiger partial charge in [0, 0.05) is 36.1 Å². The number of rotatable bonds is 13. The van der Waals surface area contributed by atoms with Crippen molar-refractivity contribution in [3.8, 4) is 17.2 Å². The van der Waals surface area contributed by atoms with Crippen LogP contribution in [0.1, 0.15) is 59.6 Å². The topological polar surface area (TPSA) is 102 Å². The Labute approximate surface area is 247 Å². The first kappa shape index (κ1) is 31.2. The first-order valence-corrected chi connectivity index (χ1v) is 13.8. The zero-order valence-electron chi connectivity index (χ0n) is 23.7. The molecule has 0 unspecified atom stereocenters. The molecule has 43 heavy (non-hydrogen) atoms. The predicted molar refractivity (Wildman–Crippen MR) is 155 cm³/mol. The highest BCUT2D eigenvalue weighted by Gasteiger charge is 2.30. The molecule has 0 aliphatic rings. The molecule has 4 rings (SSSR count). The molecule has 0 aliphatic carbocycles. The number of halogens is 3. The van der Waals surface area contributed by atoms with Crippen molar-refractivity contribution < 1.29 is 37.0 Å². The number of carboxylic acid groups (broad SMARTS) is 1. The van der Waals surface area contributed by atoms with E-state index in [1.807, 2.05) is 37.3 Å². The normalized spacial score (nSPS) is 12.6. The van der Waals surface area contributed by atoms with Crippen LogP contribution in [-0.4, -0.2) is 33.6 Å². The highest BCUT2D eigenvalue weighted by molar-refractivity contribution is 6.10. The van der Waals surface area contributed by atoms with Crippen molar-refractivity contribution >= 4 is 17.5 Å². The van der Waals surface area contributed by atoms with Gasteiger partial charge in [-0.2, -0.15) is 13.2 Å². The number of ether oxygens (including phenoxy) is 1. The predicted octanol–water partition coefficient (Wildman–Crippen LogP) is 7.62. The monoisotopic (exact) mass is 592 g/mol. The second-order valence-electron chi connectivity index (χ2n) is 9.82. The van der Waals surface area contributed by atoms with Crippen LogP contribution < -0.4 is 4.74 Å². The fourth-order valence-electron chi connectivity index (χ4n) is 4.38. The molecule has 0 saturated carbocycles. The number of carboxylic acids is 1. The number of hydrogen-bond acceptors (Lipinski definition) is 6. The third-order valence-corrected chi connectivity index (χ3v) is 6.78. The molecular weight excluding hydrogens is 561 g/mol. The van der Waals surface area contributed by atoms with Crippen LogP contribution in [0.5, 0.6) is 5.75 Å². The summed E-state index contributed by atoms with van der Waals surface area (Å²) in [5.74, 6) is 0.247. The van der Waals surface area contributed by atoms with Crippen LogP contribution >= 0.6 is 0 Å². The largest absolute Gasteiger partial charge is 0.487 e.